The number of hydrogen-bond acceptors (Lipinski definition) is 4. The van der Waals surface area contributed by atoms with Crippen LogP contribution in [0.25, 0.3) is 0 Å². The number of pyridine rings is 1. The van der Waals surface area contributed by atoms with Crippen LogP contribution < -0.4 is 5.32 Å². The Morgan fingerprint density at radius 2 is 2.00 bits per heavy atom. The van der Waals surface area contributed by atoms with Crippen molar-refractivity contribution in [3.8, 4) is 0 Å². The maximum absolute atomic E-state index is 12.5. The summed E-state index contributed by atoms with van der Waals surface area (Å²) in [6.07, 6.45) is 10.3. The van der Waals surface area contributed by atoms with Gasteiger partial charge in [0.1, 0.15) is 5.82 Å². The van der Waals surface area contributed by atoms with Gasteiger partial charge in [0.15, 0.2) is 0 Å². The Kier molecular flexibility index (Phi) is 3.84. The molecule has 2 aromatic heterocycles. The summed E-state index contributed by atoms with van der Waals surface area (Å²) in [7, 11) is 2.03. The van der Waals surface area contributed by atoms with Crippen LogP contribution >= 0.6 is 0 Å². The van der Waals surface area contributed by atoms with Gasteiger partial charge in [-0.3, -0.25) is 14.7 Å². The number of hydrogen-bond donors (Lipinski definition) is 1. The van der Waals surface area contributed by atoms with Gasteiger partial charge in [0, 0.05) is 50.5 Å². The standard InChI is InChI=1S/C18H23N5O/c1-22-11-8-20-16(22)13-23-9-4-18(5-10-23)12-15(17(24)21-18)14-2-6-19-7-3-14/h2-3,6-8,11,15H,4-5,9-10,12-13H2,1H3,(H,21,24). The zero-order valence-corrected chi connectivity index (χ0v) is 14.0. The monoisotopic (exact) mass is 325 g/mol. The minimum atomic E-state index is -0.0385. The maximum atomic E-state index is 12.5. The van der Waals surface area contributed by atoms with E-state index >= 15 is 0 Å². The van der Waals surface area contributed by atoms with E-state index in [0.29, 0.717) is 0 Å². The van der Waals surface area contributed by atoms with Gasteiger partial charge in [-0.25, -0.2) is 4.98 Å². The molecule has 2 aliphatic heterocycles. The zero-order chi connectivity index (χ0) is 16.6. The van der Waals surface area contributed by atoms with Crippen LogP contribution in [0.2, 0.25) is 0 Å². The van der Waals surface area contributed by atoms with Crippen LogP contribution in [0.5, 0.6) is 0 Å². The van der Waals surface area contributed by atoms with Crippen LogP contribution in [-0.4, -0.2) is 44.0 Å². The first-order chi connectivity index (χ1) is 11.7. The summed E-state index contributed by atoms with van der Waals surface area (Å²) in [5.41, 5.74) is 1.04. The molecule has 126 valence electrons. The summed E-state index contributed by atoms with van der Waals surface area (Å²) in [4.78, 5) is 23.4. The topological polar surface area (TPSA) is 63.1 Å². The lowest BCUT2D eigenvalue weighted by Gasteiger charge is -2.39. The summed E-state index contributed by atoms with van der Waals surface area (Å²) < 4.78 is 2.07. The number of likely N-dealkylation sites (tertiary alicyclic amines) is 1. The van der Waals surface area contributed by atoms with Crippen LogP contribution in [-0.2, 0) is 18.4 Å². The van der Waals surface area contributed by atoms with Gasteiger partial charge < -0.3 is 9.88 Å². The van der Waals surface area contributed by atoms with Gasteiger partial charge >= 0.3 is 0 Å². The minimum Gasteiger partial charge on any atom is -0.350 e. The number of nitrogens with one attached hydrogen (secondary N) is 1. The highest BCUT2D eigenvalue weighted by molar-refractivity contribution is 5.87. The van der Waals surface area contributed by atoms with Gasteiger partial charge in [0.2, 0.25) is 5.91 Å². The molecule has 1 spiro atoms. The third-order valence-corrected chi connectivity index (χ3v) is 5.51. The molecule has 1 atom stereocenters. The molecule has 2 aromatic rings. The summed E-state index contributed by atoms with van der Waals surface area (Å²) in [5.74, 6) is 1.23. The largest absolute Gasteiger partial charge is 0.350 e. The number of nitrogens with zero attached hydrogens (tertiary/aromatic N) is 4. The number of carbonyl (C=O) groups excluding carboxylic acids is 1. The maximum Gasteiger partial charge on any atom is 0.228 e. The van der Waals surface area contributed by atoms with Crippen LogP contribution in [0.1, 0.15) is 36.6 Å². The summed E-state index contributed by atoms with van der Waals surface area (Å²) in [5, 5.41) is 3.30. The molecule has 0 aliphatic carbocycles. The average molecular weight is 325 g/mol. The molecular weight excluding hydrogens is 302 g/mol. The van der Waals surface area contributed by atoms with Gasteiger partial charge in [0.25, 0.3) is 0 Å². The van der Waals surface area contributed by atoms with Crippen molar-refractivity contribution in [2.24, 2.45) is 7.05 Å². The molecule has 1 amide bonds. The van der Waals surface area contributed by atoms with Crippen molar-refractivity contribution in [3.05, 3.63) is 48.3 Å². The lowest BCUT2D eigenvalue weighted by atomic mass is 9.82. The predicted octanol–water partition coefficient (Wildman–Crippen LogP) is 1.45. The minimum absolute atomic E-state index is 0.0332. The number of imidazole rings is 1. The van der Waals surface area contributed by atoms with Crippen molar-refractivity contribution in [3.63, 3.8) is 0 Å². The number of piperidine rings is 1. The third-order valence-electron chi connectivity index (χ3n) is 5.51. The molecule has 4 heterocycles. The molecule has 0 aromatic carbocycles. The van der Waals surface area contributed by atoms with Crippen LogP contribution in [0.4, 0.5) is 0 Å². The Balaban J connectivity index is 1.40. The van der Waals surface area contributed by atoms with Crippen molar-refractivity contribution in [1.29, 1.82) is 0 Å². The molecule has 1 unspecified atom stereocenters. The lowest BCUT2D eigenvalue weighted by molar-refractivity contribution is -0.121. The molecule has 0 radical (unpaired) electrons. The highest BCUT2D eigenvalue weighted by atomic mass is 16.2. The number of rotatable bonds is 3. The van der Waals surface area contributed by atoms with E-state index in [-0.39, 0.29) is 17.4 Å². The fraction of sp³-hybridized carbons (Fsp3) is 0.500. The second-order valence-electron chi connectivity index (χ2n) is 7.04. The zero-order valence-electron chi connectivity index (χ0n) is 14.0. The fourth-order valence-electron chi connectivity index (χ4n) is 3.97. The van der Waals surface area contributed by atoms with E-state index in [0.717, 1.165) is 50.3 Å². The number of aryl methyl sites for hydroxylation is 1. The first-order valence-corrected chi connectivity index (χ1v) is 8.56. The molecule has 0 bridgehead atoms. The molecule has 0 saturated carbocycles. The molecule has 4 rings (SSSR count). The third kappa shape index (κ3) is 2.82. The smallest absolute Gasteiger partial charge is 0.228 e. The molecule has 6 nitrogen and oxygen atoms in total. The van der Waals surface area contributed by atoms with E-state index in [9.17, 15) is 4.79 Å². The highest BCUT2D eigenvalue weighted by Gasteiger charge is 2.46. The first kappa shape index (κ1) is 15.3. The SMILES string of the molecule is Cn1ccnc1CN1CCC2(CC1)CC(c1ccncc1)C(=O)N2. The number of amides is 1. The van der Waals surface area contributed by atoms with E-state index in [1.165, 1.54) is 0 Å². The normalized spacial score (nSPS) is 23.5. The van der Waals surface area contributed by atoms with Crippen molar-refractivity contribution < 1.29 is 4.79 Å². The van der Waals surface area contributed by atoms with Crippen LogP contribution in [0, 0.1) is 0 Å². The number of carbonyl (C=O) groups is 1. The molecule has 1 N–H and O–H groups in total. The van der Waals surface area contributed by atoms with E-state index in [4.69, 9.17) is 0 Å². The van der Waals surface area contributed by atoms with Gasteiger partial charge in [-0.1, -0.05) is 0 Å². The van der Waals surface area contributed by atoms with E-state index in [1.54, 1.807) is 12.4 Å². The Bertz CT molecular complexity index is 718. The van der Waals surface area contributed by atoms with Gasteiger partial charge in [-0.2, -0.15) is 0 Å². The van der Waals surface area contributed by atoms with E-state index < -0.39 is 0 Å². The Morgan fingerprint density at radius 3 is 2.67 bits per heavy atom. The van der Waals surface area contributed by atoms with E-state index in [2.05, 4.69) is 24.8 Å². The van der Waals surface area contributed by atoms with Crippen molar-refractivity contribution in [2.45, 2.75) is 37.3 Å². The first-order valence-electron chi connectivity index (χ1n) is 8.56. The molecule has 2 fully saturated rings. The summed E-state index contributed by atoms with van der Waals surface area (Å²) in [6, 6.07) is 3.92. The highest BCUT2D eigenvalue weighted by Crippen LogP contribution is 2.39. The van der Waals surface area contributed by atoms with Crippen molar-refractivity contribution in [2.75, 3.05) is 13.1 Å². The van der Waals surface area contributed by atoms with Gasteiger partial charge in [-0.15, -0.1) is 0 Å². The predicted molar refractivity (Wildman–Crippen MR) is 90.2 cm³/mol. The van der Waals surface area contributed by atoms with Crippen molar-refractivity contribution >= 4 is 5.91 Å². The second-order valence-corrected chi connectivity index (χ2v) is 7.04. The van der Waals surface area contributed by atoms with Gasteiger partial charge in [0.05, 0.1) is 12.5 Å². The lowest BCUT2D eigenvalue weighted by Crippen LogP contribution is -2.50. The van der Waals surface area contributed by atoms with Gasteiger partial charge in [-0.05, 0) is 37.0 Å². The fourth-order valence-corrected chi connectivity index (χ4v) is 3.97. The molecule has 24 heavy (non-hydrogen) atoms. The summed E-state index contributed by atoms with van der Waals surface area (Å²) >= 11 is 0. The average Bonchev–Trinajstić information content (AvgIpc) is 3.14. The Morgan fingerprint density at radius 1 is 1.25 bits per heavy atom. The summed E-state index contributed by atoms with van der Waals surface area (Å²) in [6.45, 7) is 2.87. The quantitative estimate of drug-likeness (QED) is 0.928. The molecule has 6 heteroatoms. The number of aromatic nitrogens is 3. The van der Waals surface area contributed by atoms with Crippen LogP contribution in [0.15, 0.2) is 36.9 Å². The Labute approximate surface area is 141 Å². The van der Waals surface area contributed by atoms with E-state index in [1.807, 2.05) is 31.6 Å². The van der Waals surface area contributed by atoms with Crippen LogP contribution in [0.3, 0.4) is 0 Å². The Hall–Kier alpha value is -2.21. The van der Waals surface area contributed by atoms with Crippen molar-refractivity contribution in [1.82, 2.24) is 24.8 Å². The molecular formula is C18H23N5O. The molecule has 2 saturated heterocycles. The molecule has 2 aliphatic rings. The second kappa shape index (κ2) is 6.02.